The highest BCUT2D eigenvalue weighted by atomic mass is 32.1. The summed E-state index contributed by atoms with van der Waals surface area (Å²) in [6.45, 7) is 1.02. The molecule has 0 bridgehead atoms. The Morgan fingerprint density at radius 2 is 2.20 bits per heavy atom. The van der Waals surface area contributed by atoms with E-state index in [1.165, 1.54) is 17.0 Å². The molecule has 2 aromatic heterocycles. The Kier molecular flexibility index (Phi) is 4.31. The number of carbonyl (C=O) groups is 1. The molecule has 0 N–H and O–H groups in total. The van der Waals surface area contributed by atoms with E-state index in [1.54, 1.807) is 28.4 Å². The summed E-state index contributed by atoms with van der Waals surface area (Å²) in [7, 11) is 0. The quantitative estimate of drug-likeness (QED) is 0.717. The van der Waals surface area contributed by atoms with Gasteiger partial charge in [0.1, 0.15) is 5.82 Å². The number of benzene rings is 1. The van der Waals surface area contributed by atoms with Crippen molar-refractivity contribution in [2.24, 2.45) is 0 Å². The number of likely N-dealkylation sites (tertiary alicyclic amines) is 1. The Bertz CT molecular complexity index is 878. The molecule has 0 saturated carbocycles. The smallest absolute Gasteiger partial charge is 0.256 e. The average Bonchev–Trinajstić information content (AvgIpc) is 3.36. The van der Waals surface area contributed by atoms with Gasteiger partial charge >= 0.3 is 0 Å². The number of aromatic nitrogens is 2. The van der Waals surface area contributed by atoms with Gasteiger partial charge in [0.15, 0.2) is 5.82 Å². The summed E-state index contributed by atoms with van der Waals surface area (Å²) < 4.78 is 19.2. The van der Waals surface area contributed by atoms with E-state index in [0.717, 1.165) is 6.42 Å². The largest absolute Gasteiger partial charge is 0.339 e. The summed E-state index contributed by atoms with van der Waals surface area (Å²) >= 11 is 1.65. The molecule has 1 aliphatic heterocycles. The molecule has 1 fully saturated rings. The predicted octanol–water partition coefficient (Wildman–Crippen LogP) is 3.49. The molecule has 1 aromatic carbocycles. The third-order valence-corrected chi connectivity index (χ3v) is 5.20. The Hall–Kier alpha value is -2.54. The van der Waals surface area contributed by atoms with Gasteiger partial charge in [0.25, 0.3) is 5.91 Å². The van der Waals surface area contributed by atoms with Crippen LogP contribution >= 0.6 is 11.3 Å². The molecule has 1 aliphatic rings. The Labute approximate surface area is 148 Å². The molecule has 3 aromatic rings. The molecule has 5 nitrogen and oxygen atoms in total. The fourth-order valence-corrected chi connectivity index (χ4v) is 3.73. The van der Waals surface area contributed by atoms with Crippen LogP contribution in [0.4, 0.5) is 4.39 Å². The first kappa shape index (κ1) is 16.0. The second-order valence-corrected chi connectivity index (χ2v) is 7.05. The normalized spacial score (nSPS) is 17.2. The molecule has 3 heterocycles. The van der Waals surface area contributed by atoms with Gasteiger partial charge in [-0.25, -0.2) is 4.39 Å². The predicted molar refractivity (Wildman–Crippen MR) is 91.1 cm³/mol. The van der Waals surface area contributed by atoms with Crippen molar-refractivity contribution in [3.05, 3.63) is 69.8 Å². The van der Waals surface area contributed by atoms with Crippen LogP contribution < -0.4 is 0 Å². The van der Waals surface area contributed by atoms with E-state index in [0.29, 0.717) is 31.2 Å². The van der Waals surface area contributed by atoms with Gasteiger partial charge in [0.05, 0.1) is 11.5 Å². The minimum absolute atomic E-state index is 0.000286. The maximum absolute atomic E-state index is 13.8. The molecule has 25 heavy (non-hydrogen) atoms. The van der Waals surface area contributed by atoms with Gasteiger partial charge in [-0.1, -0.05) is 23.4 Å². The van der Waals surface area contributed by atoms with Crippen LogP contribution in [0, 0.1) is 5.82 Å². The number of amides is 1. The lowest BCUT2D eigenvalue weighted by Crippen LogP contribution is -2.29. The van der Waals surface area contributed by atoms with Gasteiger partial charge in [-0.2, -0.15) is 4.98 Å². The zero-order valence-electron chi connectivity index (χ0n) is 13.4. The van der Waals surface area contributed by atoms with Crippen LogP contribution in [-0.4, -0.2) is 34.0 Å². The number of carbonyl (C=O) groups excluding carboxylic acids is 1. The van der Waals surface area contributed by atoms with Crippen LogP contribution in [-0.2, 0) is 6.42 Å². The SMILES string of the molecule is O=C(c1ccccc1F)N1CC[C@H](c2nc(Cc3cccs3)no2)C1. The average molecular weight is 357 g/mol. The molecule has 0 aliphatic carbocycles. The highest BCUT2D eigenvalue weighted by molar-refractivity contribution is 7.09. The van der Waals surface area contributed by atoms with Gasteiger partial charge in [-0.15, -0.1) is 11.3 Å². The lowest BCUT2D eigenvalue weighted by Gasteiger charge is -2.16. The summed E-state index contributed by atoms with van der Waals surface area (Å²) in [4.78, 5) is 19.8. The van der Waals surface area contributed by atoms with Crippen LogP contribution in [0.2, 0.25) is 0 Å². The van der Waals surface area contributed by atoms with E-state index >= 15 is 0 Å². The standard InChI is InChI=1S/C18H16FN3O2S/c19-15-6-2-1-5-14(15)18(23)22-8-7-12(11-22)17-20-16(21-24-17)10-13-4-3-9-25-13/h1-6,9,12H,7-8,10-11H2/t12-/m0/s1. The maximum atomic E-state index is 13.8. The van der Waals surface area contributed by atoms with Crippen LogP contribution in [0.15, 0.2) is 46.3 Å². The minimum atomic E-state index is -0.494. The van der Waals surface area contributed by atoms with Gasteiger partial charge in [-0.05, 0) is 30.0 Å². The number of hydrogen-bond donors (Lipinski definition) is 0. The Morgan fingerprint density at radius 1 is 1.32 bits per heavy atom. The van der Waals surface area contributed by atoms with Crippen LogP contribution in [0.5, 0.6) is 0 Å². The molecule has 1 amide bonds. The van der Waals surface area contributed by atoms with Crippen LogP contribution in [0.3, 0.4) is 0 Å². The fraction of sp³-hybridized carbons (Fsp3) is 0.278. The summed E-state index contributed by atoms with van der Waals surface area (Å²) in [5.74, 6) is 0.415. The van der Waals surface area contributed by atoms with Gasteiger partial charge < -0.3 is 9.42 Å². The highest BCUT2D eigenvalue weighted by Gasteiger charge is 2.32. The van der Waals surface area contributed by atoms with Crippen molar-refractivity contribution in [3.8, 4) is 0 Å². The Balaban J connectivity index is 1.43. The zero-order valence-corrected chi connectivity index (χ0v) is 14.2. The van der Waals surface area contributed by atoms with Gasteiger partial charge in [0, 0.05) is 24.4 Å². The molecule has 0 radical (unpaired) electrons. The molecular weight excluding hydrogens is 341 g/mol. The van der Waals surface area contributed by atoms with Crippen molar-refractivity contribution in [1.82, 2.24) is 15.0 Å². The van der Waals surface area contributed by atoms with Crippen LogP contribution in [0.1, 0.15) is 39.3 Å². The van der Waals surface area contributed by atoms with E-state index in [-0.39, 0.29) is 17.4 Å². The number of halogens is 1. The summed E-state index contributed by atoms with van der Waals surface area (Å²) in [5.41, 5.74) is 0.104. The molecule has 1 atom stereocenters. The number of thiophene rings is 1. The lowest BCUT2D eigenvalue weighted by atomic mass is 10.1. The first-order chi connectivity index (χ1) is 12.2. The second-order valence-electron chi connectivity index (χ2n) is 6.02. The van der Waals surface area contributed by atoms with E-state index in [4.69, 9.17) is 4.52 Å². The topological polar surface area (TPSA) is 59.2 Å². The molecule has 1 saturated heterocycles. The highest BCUT2D eigenvalue weighted by Crippen LogP contribution is 2.28. The van der Waals surface area contributed by atoms with Crippen molar-refractivity contribution in [2.45, 2.75) is 18.8 Å². The first-order valence-electron chi connectivity index (χ1n) is 8.09. The van der Waals surface area contributed by atoms with Crippen molar-refractivity contribution < 1.29 is 13.7 Å². The van der Waals surface area contributed by atoms with Crippen molar-refractivity contribution in [1.29, 1.82) is 0 Å². The number of hydrogen-bond acceptors (Lipinski definition) is 5. The molecule has 7 heteroatoms. The first-order valence-corrected chi connectivity index (χ1v) is 8.97. The summed E-state index contributed by atoms with van der Waals surface area (Å²) in [6, 6.07) is 10.1. The van der Waals surface area contributed by atoms with Crippen molar-refractivity contribution in [2.75, 3.05) is 13.1 Å². The van der Waals surface area contributed by atoms with Gasteiger partial charge in [0.2, 0.25) is 5.89 Å². The maximum Gasteiger partial charge on any atom is 0.256 e. The molecule has 4 rings (SSSR count). The van der Waals surface area contributed by atoms with E-state index in [2.05, 4.69) is 10.1 Å². The third kappa shape index (κ3) is 3.32. The third-order valence-electron chi connectivity index (χ3n) is 4.33. The zero-order chi connectivity index (χ0) is 17.2. The monoisotopic (exact) mass is 357 g/mol. The minimum Gasteiger partial charge on any atom is -0.339 e. The summed E-state index contributed by atoms with van der Waals surface area (Å²) in [5, 5.41) is 6.05. The molecule has 0 unspecified atom stereocenters. The van der Waals surface area contributed by atoms with Crippen molar-refractivity contribution >= 4 is 17.2 Å². The lowest BCUT2D eigenvalue weighted by molar-refractivity contribution is 0.0785. The molecule has 0 spiro atoms. The summed E-state index contributed by atoms with van der Waals surface area (Å²) in [6.07, 6.45) is 1.38. The number of rotatable bonds is 4. The second kappa shape index (κ2) is 6.76. The van der Waals surface area contributed by atoms with Gasteiger partial charge in [-0.3, -0.25) is 4.79 Å². The molecular formula is C18H16FN3O2S. The van der Waals surface area contributed by atoms with E-state index in [1.807, 2.05) is 17.5 Å². The van der Waals surface area contributed by atoms with E-state index < -0.39 is 5.82 Å². The number of nitrogens with zero attached hydrogens (tertiary/aromatic N) is 3. The Morgan fingerprint density at radius 3 is 3.00 bits per heavy atom. The van der Waals surface area contributed by atoms with E-state index in [9.17, 15) is 9.18 Å². The fourth-order valence-electron chi connectivity index (χ4n) is 3.03. The van der Waals surface area contributed by atoms with Crippen molar-refractivity contribution in [3.63, 3.8) is 0 Å². The van der Waals surface area contributed by atoms with Crippen LogP contribution in [0.25, 0.3) is 0 Å². The molecule has 128 valence electrons.